The van der Waals surface area contributed by atoms with Crippen LogP contribution in [-0.4, -0.2) is 34.9 Å². The summed E-state index contributed by atoms with van der Waals surface area (Å²) in [7, 11) is 3.27. The van der Waals surface area contributed by atoms with E-state index in [4.69, 9.17) is 14.6 Å². The lowest BCUT2D eigenvalue weighted by molar-refractivity contribution is -0.385. The molecule has 3 rings (SSSR count). The zero-order valence-corrected chi connectivity index (χ0v) is 17.4. The molecule has 32 heavy (non-hydrogen) atoms. The summed E-state index contributed by atoms with van der Waals surface area (Å²) in [6.45, 7) is -0.343. The van der Waals surface area contributed by atoms with Crippen molar-refractivity contribution >= 4 is 11.6 Å². The molecule has 0 aliphatic rings. The molecule has 0 saturated heterocycles. The monoisotopic (exact) mass is 440 g/mol. The van der Waals surface area contributed by atoms with E-state index in [1.54, 1.807) is 38.4 Å². The van der Waals surface area contributed by atoms with Crippen LogP contribution in [0.5, 0.6) is 17.2 Å². The van der Waals surface area contributed by atoms with Gasteiger partial charge in [-0.15, -0.1) is 0 Å². The zero-order valence-electron chi connectivity index (χ0n) is 17.4. The van der Waals surface area contributed by atoms with Crippen LogP contribution < -0.4 is 9.47 Å². The molecule has 3 aromatic rings. The van der Waals surface area contributed by atoms with Gasteiger partial charge < -0.3 is 19.5 Å². The number of carbonyl (C=O) groups is 1. The van der Waals surface area contributed by atoms with Crippen molar-refractivity contribution in [2.45, 2.75) is 13.2 Å². The van der Waals surface area contributed by atoms with Gasteiger partial charge in [0, 0.05) is 25.7 Å². The summed E-state index contributed by atoms with van der Waals surface area (Å²) in [5, 5.41) is 20.5. The van der Waals surface area contributed by atoms with Gasteiger partial charge in [-0.25, -0.2) is 4.39 Å². The number of aliphatic hydroxyl groups excluding tert-OH is 1. The molecule has 0 radical (unpaired) electrons. The number of amides is 1. The summed E-state index contributed by atoms with van der Waals surface area (Å²) < 4.78 is 25.2. The van der Waals surface area contributed by atoms with Gasteiger partial charge in [-0.05, 0) is 59.7 Å². The molecule has 1 N–H and O–H groups in total. The second-order valence-corrected chi connectivity index (χ2v) is 7.10. The molecule has 0 unspecified atom stereocenters. The van der Waals surface area contributed by atoms with Crippen LogP contribution in [0.2, 0.25) is 0 Å². The van der Waals surface area contributed by atoms with Crippen LogP contribution in [0.3, 0.4) is 0 Å². The highest BCUT2D eigenvalue weighted by Crippen LogP contribution is 2.33. The van der Waals surface area contributed by atoms with Crippen molar-refractivity contribution in [3.63, 3.8) is 0 Å². The molecule has 166 valence electrons. The molecule has 0 heterocycles. The molecule has 0 aliphatic heterocycles. The normalized spacial score (nSPS) is 10.5. The summed E-state index contributed by atoms with van der Waals surface area (Å²) in [6.07, 6.45) is 0. The standard InChI is InChI=1S/C23H21FN2O6/c1-25(2)23(28)17-5-7-18(8-6-17)32-22-12-16(3-9-20(22)26(29)30)14-31-21-10-4-15(13-27)11-19(21)24/h3-12,27H,13-14H2,1-2H3. The number of rotatable bonds is 8. The van der Waals surface area contributed by atoms with Crippen molar-refractivity contribution in [2.75, 3.05) is 14.1 Å². The van der Waals surface area contributed by atoms with Crippen LogP contribution in [0.15, 0.2) is 60.7 Å². The van der Waals surface area contributed by atoms with Gasteiger partial charge in [-0.3, -0.25) is 14.9 Å². The molecular weight excluding hydrogens is 419 g/mol. The highest BCUT2D eigenvalue weighted by molar-refractivity contribution is 5.93. The van der Waals surface area contributed by atoms with Crippen LogP contribution in [0.1, 0.15) is 21.5 Å². The van der Waals surface area contributed by atoms with Gasteiger partial charge in [0.15, 0.2) is 11.6 Å². The SMILES string of the molecule is CN(C)C(=O)c1ccc(Oc2cc(COc3ccc(CO)cc3F)ccc2[N+](=O)[O-])cc1. The first-order valence-corrected chi connectivity index (χ1v) is 9.57. The van der Waals surface area contributed by atoms with Gasteiger partial charge in [-0.1, -0.05) is 6.07 Å². The van der Waals surface area contributed by atoms with Crippen molar-refractivity contribution < 1.29 is 28.7 Å². The Morgan fingerprint density at radius 1 is 1.03 bits per heavy atom. The van der Waals surface area contributed by atoms with E-state index in [-0.39, 0.29) is 36.3 Å². The van der Waals surface area contributed by atoms with Crippen LogP contribution >= 0.6 is 0 Å². The van der Waals surface area contributed by atoms with Gasteiger partial charge in [0.25, 0.3) is 5.91 Å². The molecule has 0 atom stereocenters. The van der Waals surface area contributed by atoms with Gasteiger partial charge >= 0.3 is 5.69 Å². The lowest BCUT2D eigenvalue weighted by atomic mass is 10.2. The maximum atomic E-state index is 14.0. The smallest absolute Gasteiger partial charge is 0.311 e. The second-order valence-electron chi connectivity index (χ2n) is 7.10. The van der Waals surface area contributed by atoms with Gasteiger partial charge in [-0.2, -0.15) is 0 Å². The molecule has 3 aromatic carbocycles. The lowest BCUT2D eigenvalue weighted by Crippen LogP contribution is -2.21. The molecular formula is C23H21FN2O6. The third-order valence-corrected chi connectivity index (χ3v) is 4.53. The van der Waals surface area contributed by atoms with E-state index < -0.39 is 10.7 Å². The molecule has 0 spiro atoms. The van der Waals surface area contributed by atoms with E-state index in [0.29, 0.717) is 22.4 Å². The van der Waals surface area contributed by atoms with E-state index in [1.165, 1.54) is 41.3 Å². The van der Waals surface area contributed by atoms with Crippen LogP contribution in [-0.2, 0) is 13.2 Å². The number of nitrogens with zero attached hydrogens (tertiary/aromatic N) is 2. The van der Waals surface area contributed by atoms with E-state index in [0.717, 1.165) is 0 Å². The Hall–Kier alpha value is -3.98. The average Bonchev–Trinajstić information content (AvgIpc) is 2.78. The van der Waals surface area contributed by atoms with E-state index in [9.17, 15) is 19.3 Å². The van der Waals surface area contributed by atoms with E-state index in [2.05, 4.69) is 0 Å². The predicted octanol–water partition coefficient (Wildman–Crippen LogP) is 4.30. The molecule has 1 amide bonds. The first-order valence-electron chi connectivity index (χ1n) is 9.57. The molecule has 0 aliphatic carbocycles. The highest BCUT2D eigenvalue weighted by Gasteiger charge is 2.18. The number of benzene rings is 3. The fraction of sp³-hybridized carbons (Fsp3) is 0.174. The Morgan fingerprint density at radius 3 is 2.31 bits per heavy atom. The third-order valence-electron chi connectivity index (χ3n) is 4.53. The Labute approximate surface area is 183 Å². The maximum Gasteiger partial charge on any atom is 0.311 e. The summed E-state index contributed by atoms with van der Waals surface area (Å²) >= 11 is 0. The number of aliphatic hydroxyl groups is 1. The minimum absolute atomic E-state index is 0.0100. The van der Waals surface area contributed by atoms with Crippen molar-refractivity contribution in [1.82, 2.24) is 4.90 Å². The minimum Gasteiger partial charge on any atom is -0.486 e. The average molecular weight is 440 g/mol. The highest BCUT2D eigenvalue weighted by atomic mass is 19.1. The number of carbonyl (C=O) groups excluding carboxylic acids is 1. The quantitative estimate of drug-likeness (QED) is 0.414. The minimum atomic E-state index is -0.623. The van der Waals surface area contributed by atoms with Crippen molar-refractivity contribution in [3.8, 4) is 17.2 Å². The Kier molecular flexibility index (Phi) is 7.01. The first-order chi connectivity index (χ1) is 15.3. The maximum absolute atomic E-state index is 14.0. The summed E-state index contributed by atoms with van der Waals surface area (Å²) in [5.41, 5.74) is 1.14. The topological polar surface area (TPSA) is 102 Å². The molecule has 0 bridgehead atoms. The molecule has 8 nitrogen and oxygen atoms in total. The first kappa shape index (κ1) is 22.7. The van der Waals surface area contributed by atoms with Crippen molar-refractivity contribution in [2.24, 2.45) is 0 Å². The van der Waals surface area contributed by atoms with Crippen molar-refractivity contribution in [3.05, 3.63) is 93.3 Å². The summed E-state index contributed by atoms with van der Waals surface area (Å²) in [5.74, 6) is -0.515. The summed E-state index contributed by atoms with van der Waals surface area (Å²) in [6, 6.07) is 14.5. The van der Waals surface area contributed by atoms with Gasteiger partial charge in [0.2, 0.25) is 5.75 Å². The van der Waals surface area contributed by atoms with Crippen LogP contribution in [0.4, 0.5) is 10.1 Å². The Bertz CT molecular complexity index is 1130. The number of nitro groups is 1. The number of hydrogen-bond donors (Lipinski definition) is 1. The van der Waals surface area contributed by atoms with E-state index in [1.807, 2.05) is 0 Å². The number of nitro benzene ring substituents is 1. The largest absolute Gasteiger partial charge is 0.486 e. The Balaban J connectivity index is 1.79. The molecule has 0 saturated carbocycles. The van der Waals surface area contributed by atoms with Gasteiger partial charge in [0.05, 0.1) is 11.5 Å². The number of ether oxygens (including phenoxy) is 2. The number of halogens is 1. The molecule has 9 heteroatoms. The lowest BCUT2D eigenvalue weighted by Gasteiger charge is -2.12. The Morgan fingerprint density at radius 2 is 1.72 bits per heavy atom. The predicted molar refractivity (Wildman–Crippen MR) is 114 cm³/mol. The third kappa shape index (κ3) is 5.38. The summed E-state index contributed by atoms with van der Waals surface area (Å²) in [4.78, 5) is 24.3. The van der Waals surface area contributed by atoms with E-state index >= 15 is 0 Å². The molecule has 0 aromatic heterocycles. The van der Waals surface area contributed by atoms with Gasteiger partial charge in [0.1, 0.15) is 12.4 Å². The molecule has 0 fully saturated rings. The van der Waals surface area contributed by atoms with Crippen LogP contribution in [0.25, 0.3) is 0 Å². The van der Waals surface area contributed by atoms with Crippen LogP contribution in [0, 0.1) is 15.9 Å². The van der Waals surface area contributed by atoms with Crippen molar-refractivity contribution in [1.29, 1.82) is 0 Å². The fourth-order valence-electron chi connectivity index (χ4n) is 2.85. The zero-order chi connectivity index (χ0) is 23.3. The second kappa shape index (κ2) is 9.88. The number of hydrogen-bond acceptors (Lipinski definition) is 6. The fourth-order valence-corrected chi connectivity index (χ4v) is 2.85.